The summed E-state index contributed by atoms with van der Waals surface area (Å²) in [6, 6.07) is 0. The third-order valence-corrected chi connectivity index (χ3v) is 10.3. The molecule has 9 nitrogen and oxygen atoms in total. The zero-order chi connectivity index (χ0) is 36.8. The molecule has 0 saturated carbocycles. The Bertz CT molecular complexity index is 759. The van der Waals surface area contributed by atoms with Crippen LogP contribution in [0.1, 0.15) is 213 Å². The summed E-state index contributed by atoms with van der Waals surface area (Å²) in [5.41, 5.74) is 5.35. The summed E-state index contributed by atoms with van der Waals surface area (Å²) >= 11 is 0. The molecule has 0 aromatic carbocycles. The fraction of sp³-hybridized carbons (Fsp3) is 0.975. The third-order valence-electron chi connectivity index (χ3n) is 9.36. The van der Waals surface area contributed by atoms with E-state index in [-0.39, 0.29) is 32.3 Å². The van der Waals surface area contributed by atoms with Gasteiger partial charge in [0.15, 0.2) is 6.29 Å². The van der Waals surface area contributed by atoms with Gasteiger partial charge in [0.25, 0.3) is 0 Å². The van der Waals surface area contributed by atoms with Crippen molar-refractivity contribution >= 4 is 13.8 Å². The van der Waals surface area contributed by atoms with Gasteiger partial charge in [0.05, 0.1) is 13.2 Å². The first-order valence-electron chi connectivity index (χ1n) is 21.2. The molecule has 0 aliphatic carbocycles. The molecule has 0 saturated heterocycles. The predicted octanol–water partition coefficient (Wildman–Crippen LogP) is 11.5. The first kappa shape index (κ1) is 49.5. The second-order valence-corrected chi connectivity index (χ2v) is 15.8. The molecule has 4 N–H and O–H groups in total. The smallest absolute Gasteiger partial charge is 0.463 e. The van der Waals surface area contributed by atoms with Crippen LogP contribution >= 0.6 is 7.82 Å². The van der Waals surface area contributed by atoms with Crippen LogP contribution in [0.25, 0.3) is 0 Å². The first-order chi connectivity index (χ1) is 24.3. The van der Waals surface area contributed by atoms with Crippen molar-refractivity contribution in [2.45, 2.75) is 225 Å². The quantitative estimate of drug-likeness (QED) is 0.0242. The Morgan fingerprint density at radius 2 is 0.960 bits per heavy atom. The molecule has 0 fully saturated rings. The van der Waals surface area contributed by atoms with Crippen molar-refractivity contribution in [3.63, 3.8) is 0 Å². The first-order valence-corrected chi connectivity index (χ1v) is 22.6. The van der Waals surface area contributed by atoms with Crippen LogP contribution in [0.2, 0.25) is 0 Å². The van der Waals surface area contributed by atoms with Crippen LogP contribution in [-0.4, -0.2) is 54.7 Å². The number of esters is 1. The Kier molecular flexibility index (Phi) is 37.8. The number of rotatable bonds is 41. The predicted molar refractivity (Wildman–Crippen MR) is 207 cm³/mol. The SMILES string of the molecule is CCCCCCCCCCCCCCCCCCCC(O)O[C@H](COC(=O)CCCCCCCCCCCCCC)COP(=O)(O)OCCN. The van der Waals surface area contributed by atoms with Gasteiger partial charge >= 0.3 is 13.8 Å². The monoisotopic (exact) mass is 736 g/mol. The van der Waals surface area contributed by atoms with Gasteiger partial charge in [-0.25, -0.2) is 4.57 Å². The summed E-state index contributed by atoms with van der Waals surface area (Å²) in [7, 11) is -4.33. The average Bonchev–Trinajstić information content (AvgIpc) is 3.10. The molecule has 3 atom stereocenters. The summed E-state index contributed by atoms with van der Waals surface area (Å²) in [5.74, 6) is -0.347. The van der Waals surface area contributed by atoms with Crippen molar-refractivity contribution in [1.82, 2.24) is 0 Å². The summed E-state index contributed by atoms with van der Waals surface area (Å²) < 4.78 is 33.0. The highest BCUT2D eigenvalue weighted by Gasteiger charge is 2.25. The van der Waals surface area contributed by atoms with E-state index in [2.05, 4.69) is 13.8 Å². The van der Waals surface area contributed by atoms with Crippen LogP contribution in [-0.2, 0) is 27.9 Å². The van der Waals surface area contributed by atoms with Gasteiger partial charge in [-0.15, -0.1) is 0 Å². The molecule has 0 aliphatic heterocycles. The number of phosphoric ester groups is 1. The number of nitrogens with two attached hydrogens (primary N) is 1. The molecule has 50 heavy (non-hydrogen) atoms. The van der Waals surface area contributed by atoms with Crippen LogP contribution in [0.5, 0.6) is 0 Å². The lowest BCUT2D eigenvalue weighted by Crippen LogP contribution is -2.31. The Balaban J connectivity index is 4.10. The van der Waals surface area contributed by atoms with Gasteiger partial charge in [0, 0.05) is 13.0 Å². The van der Waals surface area contributed by atoms with E-state index >= 15 is 0 Å². The molecule has 0 aromatic rings. The van der Waals surface area contributed by atoms with Crippen LogP contribution in [0.3, 0.4) is 0 Å². The van der Waals surface area contributed by atoms with E-state index in [1.807, 2.05) is 0 Å². The largest absolute Gasteiger partial charge is 0.472 e. The van der Waals surface area contributed by atoms with Crippen LogP contribution < -0.4 is 5.73 Å². The lowest BCUT2D eigenvalue weighted by Gasteiger charge is -2.22. The second kappa shape index (κ2) is 38.2. The van der Waals surface area contributed by atoms with Gasteiger partial charge < -0.3 is 25.2 Å². The summed E-state index contributed by atoms with van der Waals surface area (Å²) in [6.07, 6.45) is 35.2. The number of ether oxygens (including phenoxy) is 2. The van der Waals surface area contributed by atoms with Crippen molar-refractivity contribution in [1.29, 1.82) is 0 Å². The third kappa shape index (κ3) is 37.2. The van der Waals surface area contributed by atoms with Crippen molar-refractivity contribution in [3.05, 3.63) is 0 Å². The van der Waals surface area contributed by atoms with Gasteiger partial charge in [0.1, 0.15) is 12.7 Å². The Morgan fingerprint density at radius 3 is 1.36 bits per heavy atom. The van der Waals surface area contributed by atoms with E-state index in [1.54, 1.807) is 0 Å². The maximum Gasteiger partial charge on any atom is 0.472 e. The molecule has 10 heteroatoms. The number of unbranched alkanes of at least 4 members (excludes halogenated alkanes) is 27. The van der Waals surface area contributed by atoms with Crippen molar-refractivity contribution in [2.75, 3.05) is 26.4 Å². The lowest BCUT2D eigenvalue weighted by molar-refractivity contribution is -0.174. The van der Waals surface area contributed by atoms with Gasteiger partial charge in [-0.2, -0.15) is 0 Å². The lowest BCUT2D eigenvalue weighted by atomic mass is 10.0. The Hall–Kier alpha value is -0.540. The number of aliphatic hydroxyl groups is 1. The topological polar surface area (TPSA) is 138 Å². The van der Waals surface area contributed by atoms with E-state index in [9.17, 15) is 19.4 Å². The molecule has 0 rings (SSSR count). The van der Waals surface area contributed by atoms with Crippen molar-refractivity contribution < 1.29 is 37.9 Å². The molecule has 0 bridgehead atoms. The highest BCUT2D eigenvalue weighted by molar-refractivity contribution is 7.47. The summed E-state index contributed by atoms with van der Waals surface area (Å²) in [5, 5.41) is 10.5. The van der Waals surface area contributed by atoms with Gasteiger partial charge in [-0.3, -0.25) is 13.8 Å². The molecule has 0 aromatic heterocycles. The van der Waals surface area contributed by atoms with E-state index in [1.165, 1.54) is 148 Å². The molecule has 0 radical (unpaired) electrons. The van der Waals surface area contributed by atoms with E-state index < -0.39 is 20.2 Å². The molecule has 300 valence electrons. The molecular formula is C40H82NO8P. The Morgan fingerprint density at radius 1 is 0.580 bits per heavy atom. The van der Waals surface area contributed by atoms with Crippen molar-refractivity contribution in [3.8, 4) is 0 Å². The molecule has 0 spiro atoms. The van der Waals surface area contributed by atoms with E-state index in [0.29, 0.717) is 12.8 Å². The highest BCUT2D eigenvalue weighted by atomic mass is 31.2. The summed E-state index contributed by atoms with van der Waals surface area (Å²) in [6.45, 7) is 3.92. The zero-order valence-electron chi connectivity index (χ0n) is 32.8. The fourth-order valence-electron chi connectivity index (χ4n) is 6.21. The maximum absolute atomic E-state index is 12.4. The van der Waals surface area contributed by atoms with Crippen LogP contribution in [0.15, 0.2) is 0 Å². The fourth-order valence-corrected chi connectivity index (χ4v) is 6.98. The number of hydrogen-bond acceptors (Lipinski definition) is 8. The summed E-state index contributed by atoms with van der Waals surface area (Å²) in [4.78, 5) is 22.3. The van der Waals surface area contributed by atoms with Gasteiger partial charge in [-0.05, 0) is 19.3 Å². The number of carbonyl (C=O) groups is 1. The van der Waals surface area contributed by atoms with Gasteiger partial charge in [0.2, 0.25) is 0 Å². The van der Waals surface area contributed by atoms with Crippen LogP contribution in [0.4, 0.5) is 0 Å². The zero-order valence-corrected chi connectivity index (χ0v) is 33.7. The number of hydrogen-bond donors (Lipinski definition) is 3. The molecular weight excluding hydrogens is 653 g/mol. The van der Waals surface area contributed by atoms with Crippen molar-refractivity contribution in [2.24, 2.45) is 5.73 Å². The number of carbonyl (C=O) groups excluding carboxylic acids is 1. The molecule has 0 amide bonds. The minimum Gasteiger partial charge on any atom is -0.463 e. The Labute approximate surface area is 308 Å². The molecule has 0 heterocycles. The van der Waals surface area contributed by atoms with E-state index in [4.69, 9.17) is 24.3 Å². The van der Waals surface area contributed by atoms with E-state index in [0.717, 1.165) is 38.5 Å². The number of phosphoric acid groups is 1. The average molecular weight is 736 g/mol. The molecule has 2 unspecified atom stereocenters. The van der Waals surface area contributed by atoms with Gasteiger partial charge in [-0.1, -0.05) is 187 Å². The minimum absolute atomic E-state index is 0.0721. The number of aliphatic hydroxyl groups excluding tert-OH is 1. The minimum atomic E-state index is -4.33. The highest BCUT2D eigenvalue weighted by Crippen LogP contribution is 2.43. The van der Waals surface area contributed by atoms with Crippen LogP contribution in [0, 0.1) is 0 Å². The normalized spacial score (nSPS) is 14.1. The molecule has 0 aliphatic rings. The standard InChI is InChI=1S/C40H82NO8P/c1-3-5-7-9-11-13-15-17-18-19-20-21-23-25-27-29-31-33-40(43)49-38(37-48-50(44,45)47-35-34-41)36-46-39(42)32-30-28-26-24-22-16-14-12-10-8-6-4-2/h38,40,43H,3-37,41H2,1-2H3,(H,44,45)/t38-,40?/m1/s1. The second-order valence-electron chi connectivity index (χ2n) is 14.4. The maximum atomic E-state index is 12.4.